The van der Waals surface area contributed by atoms with Gasteiger partial charge in [-0.2, -0.15) is 8.42 Å². The van der Waals surface area contributed by atoms with Crippen molar-refractivity contribution in [3.63, 3.8) is 0 Å². The van der Waals surface area contributed by atoms with Crippen LogP contribution in [0.4, 0.5) is 0 Å². The zero-order valence-electron chi connectivity index (χ0n) is 7.08. The molecule has 0 saturated heterocycles. The van der Waals surface area contributed by atoms with Crippen LogP contribution in [0, 0.1) is 0 Å². The molecule has 3 nitrogen and oxygen atoms in total. The zero-order valence-corrected chi connectivity index (χ0v) is 9.05. The molecule has 0 radical (unpaired) electrons. The highest BCUT2D eigenvalue weighted by Gasteiger charge is 1.81. The molecule has 0 aliphatic heterocycles. The second-order valence-corrected chi connectivity index (χ2v) is 4.27. The van der Waals surface area contributed by atoms with Crippen LogP contribution in [0.5, 0.6) is 0 Å². The first-order chi connectivity index (χ1) is 4.91. The normalized spacial score (nSPS) is 10.2. The fraction of sp³-hybridized carbons (Fsp3) is 1.00. The molecule has 0 aliphatic rings. The molecule has 0 fully saturated rings. The predicted molar refractivity (Wildman–Crippen MR) is 51.6 cm³/mol. The molecule has 0 saturated carbocycles. The largest absolute Gasteiger partial charge is 0.286 e. The first-order valence-electron chi connectivity index (χ1n) is 3.54. The van der Waals surface area contributed by atoms with E-state index in [-0.39, 0.29) is 0 Å². The third-order valence-corrected chi connectivity index (χ3v) is 1.22. The highest BCUT2D eigenvalue weighted by atomic mass is 32.2. The van der Waals surface area contributed by atoms with Crippen molar-refractivity contribution < 1.29 is 13.0 Å². The molecule has 0 spiro atoms. The Labute approximate surface area is 71.5 Å². The number of unbranched alkanes of at least 4 members (excludes halogenated alkanes) is 2. The van der Waals surface area contributed by atoms with Crippen LogP contribution in [0.2, 0.25) is 0 Å². The number of hydrogen-bond acceptors (Lipinski definition) is 2. The molecule has 0 bridgehead atoms. The lowest BCUT2D eigenvalue weighted by Gasteiger charge is -1.86. The average molecular weight is 200 g/mol. The molecular weight excluding hydrogens is 183 g/mol. The van der Waals surface area contributed by atoms with E-state index in [1.807, 2.05) is 0 Å². The fourth-order valence-corrected chi connectivity index (χ4v) is 0.683. The van der Waals surface area contributed by atoms with E-state index >= 15 is 0 Å². The van der Waals surface area contributed by atoms with Gasteiger partial charge in [0.05, 0.1) is 6.26 Å². The van der Waals surface area contributed by atoms with E-state index in [0.717, 1.165) is 0 Å². The van der Waals surface area contributed by atoms with Crippen molar-refractivity contribution in [1.82, 2.24) is 0 Å². The second kappa shape index (κ2) is 8.44. The van der Waals surface area contributed by atoms with Crippen LogP contribution in [0.25, 0.3) is 0 Å². The van der Waals surface area contributed by atoms with Gasteiger partial charge in [0, 0.05) is 0 Å². The Morgan fingerprint density at radius 1 is 1.36 bits per heavy atom. The number of rotatable bonds is 3. The van der Waals surface area contributed by atoms with Gasteiger partial charge >= 0.3 is 0 Å². The van der Waals surface area contributed by atoms with E-state index in [1.165, 1.54) is 25.4 Å². The van der Waals surface area contributed by atoms with E-state index in [1.54, 1.807) is 0 Å². The molecule has 0 heterocycles. The highest BCUT2D eigenvalue weighted by molar-refractivity contribution is 7.85. The Hall–Kier alpha value is 0.340. The molecule has 0 aliphatic carbocycles. The SMILES string of the molecule is CCCCCP.CS(=O)(=O)O. The van der Waals surface area contributed by atoms with Crippen molar-refractivity contribution >= 4 is 19.4 Å². The molecule has 0 amide bonds. The summed E-state index contributed by atoms with van der Waals surface area (Å²) in [6.45, 7) is 2.22. The molecule has 0 aromatic carbocycles. The standard InChI is InChI=1S/C5H13P.CH4O3S/c1-2-3-4-5-6;1-5(2,3)4/h2-6H2,1H3;1H3,(H,2,3,4). The maximum atomic E-state index is 9.19. The molecule has 11 heavy (non-hydrogen) atoms. The summed E-state index contributed by atoms with van der Waals surface area (Å²) >= 11 is 0. The lowest BCUT2D eigenvalue weighted by atomic mass is 10.3. The quantitative estimate of drug-likeness (QED) is 0.427. The minimum absolute atomic E-state index is 0.715. The zero-order chi connectivity index (χ0) is 9.33. The van der Waals surface area contributed by atoms with Crippen molar-refractivity contribution in [2.24, 2.45) is 0 Å². The monoisotopic (exact) mass is 200 g/mol. The van der Waals surface area contributed by atoms with Crippen LogP contribution < -0.4 is 0 Å². The first-order valence-corrected chi connectivity index (χ1v) is 6.20. The third-order valence-electron chi connectivity index (χ3n) is 0.808. The number of hydrogen-bond donors (Lipinski definition) is 1. The smallest absolute Gasteiger partial charge is 0.261 e. The molecule has 1 unspecified atom stereocenters. The second-order valence-electron chi connectivity index (χ2n) is 2.23. The van der Waals surface area contributed by atoms with Crippen LogP contribution in [-0.4, -0.2) is 25.4 Å². The summed E-state index contributed by atoms with van der Waals surface area (Å²) in [7, 11) is -0.938. The van der Waals surface area contributed by atoms with E-state index in [2.05, 4.69) is 16.2 Å². The summed E-state index contributed by atoms with van der Waals surface area (Å²) in [4.78, 5) is 0. The summed E-state index contributed by atoms with van der Waals surface area (Å²) in [5.74, 6) is 0. The van der Waals surface area contributed by atoms with E-state index in [4.69, 9.17) is 4.55 Å². The Morgan fingerprint density at radius 3 is 1.82 bits per heavy atom. The van der Waals surface area contributed by atoms with Gasteiger partial charge in [-0.3, -0.25) is 4.55 Å². The van der Waals surface area contributed by atoms with Gasteiger partial charge in [0.2, 0.25) is 0 Å². The van der Waals surface area contributed by atoms with Gasteiger partial charge in [0.15, 0.2) is 0 Å². The van der Waals surface area contributed by atoms with Crippen molar-refractivity contribution in [3.8, 4) is 0 Å². The molecule has 5 heteroatoms. The van der Waals surface area contributed by atoms with Crippen molar-refractivity contribution in [2.75, 3.05) is 12.4 Å². The maximum Gasteiger partial charge on any atom is 0.261 e. The van der Waals surface area contributed by atoms with Crippen molar-refractivity contribution in [3.05, 3.63) is 0 Å². The molecule has 0 aromatic heterocycles. The summed E-state index contributed by atoms with van der Waals surface area (Å²) in [5.41, 5.74) is 0. The van der Waals surface area contributed by atoms with E-state index in [0.29, 0.717) is 6.26 Å². The van der Waals surface area contributed by atoms with Crippen LogP contribution in [-0.2, 0) is 10.1 Å². The highest BCUT2D eigenvalue weighted by Crippen LogP contribution is 1.95. The van der Waals surface area contributed by atoms with Crippen LogP contribution in [0.1, 0.15) is 26.2 Å². The van der Waals surface area contributed by atoms with Crippen molar-refractivity contribution in [2.45, 2.75) is 26.2 Å². The fourth-order valence-electron chi connectivity index (χ4n) is 0.394. The molecule has 0 aromatic rings. The predicted octanol–water partition coefficient (Wildman–Crippen LogP) is 1.56. The topological polar surface area (TPSA) is 54.4 Å². The minimum atomic E-state index is -3.67. The lowest BCUT2D eigenvalue weighted by Crippen LogP contribution is -1.88. The van der Waals surface area contributed by atoms with Gasteiger partial charge in [0.25, 0.3) is 10.1 Å². The first kappa shape index (κ1) is 13.9. The summed E-state index contributed by atoms with van der Waals surface area (Å²) in [6.07, 6.45) is 6.10. The van der Waals surface area contributed by atoms with Gasteiger partial charge < -0.3 is 0 Å². The van der Waals surface area contributed by atoms with Crippen LogP contribution in [0.15, 0.2) is 0 Å². The van der Waals surface area contributed by atoms with Crippen LogP contribution >= 0.6 is 9.24 Å². The Kier molecular flexibility index (Phi) is 10.7. The van der Waals surface area contributed by atoms with Gasteiger partial charge in [-0.25, -0.2) is 0 Å². The van der Waals surface area contributed by atoms with Gasteiger partial charge in [-0.1, -0.05) is 19.8 Å². The van der Waals surface area contributed by atoms with E-state index in [9.17, 15) is 8.42 Å². The minimum Gasteiger partial charge on any atom is -0.286 e. The summed E-state index contributed by atoms with van der Waals surface area (Å²) in [6, 6.07) is 0. The molecular formula is C6H17O3PS. The summed E-state index contributed by atoms with van der Waals surface area (Å²) in [5, 5.41) is 0. The summed E-state index contributed by atoms with van der Waals surface area (Å²) < 4.78 is 25.9. The molecule has 1 atom stereocenters. The molecule has 70 valence electrons. The lowest BCUT2D eigenvalue weighted by molar-refractivity contribution is 0.490. The Bertz CT molecular complexity index is 141. The van der Waals surface area contributed by atoms with Gasteiger partial charge in [0.1, 0.15) is 0 Å². The van der Waals surface area contributed by atoms with Crippen LogP contribution in [0.3, 0.4) is 0 Å². The van der Waals surface area contributed by atoms with Crippen molar-refractivity contribution in [1.29, 1.82) is 0 Å². The van der Waals surface area contributed by atoms with Gasteiger partial charge in [-0.05, 0) is 12.6 Å². The molecule has 1 N–H and O–H groups in total. The van der Waals surface area contributed by atoms with Gasteiger partial charge in [-0.15, -0.1) is 9.24 Å². The third kappa shape index (κ3) is 64.5. The average Bonchev–Trinajstić information content (AvgIpc) is 1.79. The van der Waals surface area contributed by atoms with E-state index < -0.39 is 10.1 Å². The maximum absolute atomic E-state index is 9.19. The Balaban J connectivity index is 0. The Morgan fingerprint density at radius 2 is 1.73 bits per heavy atom. The molecule has 0 rings (SSSR count).